The van der Waals surface area contributed by atoms with Crippen molar-refractivity contribution in [3.8, 4) is 11.5 Å². The van der Waals surface area contributed by atoms with Crippen LogP contribution in [0.25, 0.3) is 6.08 Å². The standard InChI is InChI=1S/C76H128O13Si3/c1-50(2)92(51(3)4,52(5)6)83-49-65(81-47-59-33-38-61(79-22)39-34-59)44-63-43-64(85-75(18,19)84-63)45-68(88-90(24,25)73(12,13)14)54(8)70(78)53(7)66(77)46-69(89-91(26,27)74(15,16)17)56(10)72-57(11)71(86-76(20,21)87-72)55(9)67(42-37-58-31-29-28-30-32-58)82-48-60-35-40-62(80-23)41-36-60/h28-42,50-57,63-65,67-72,78H,43-49H2,1-27H3/b42-37+/t53-,54-,55+,56-,57-,63-,64+,65-,67+,68+,69+,70-,71-,72+/m0/s1. The summed E-state index contributed by atoms with van der Waals surface area (Å²) in [5, 5.41) is 12.6. The van der Waals surface area contributed by atoms with Gasteiger partial charge in [-0.1, -0.05) is 184 Å². The van der Waals surface area contributed by atoms with E-state index in [4.69, 9.17) is 51.2 Å². The first-order chi connectivity index (χ1) is 42.6. The SMILES string of the molecule is COc1ccc(CO[C@H](CO[Si](C(C)C)(C(C)C)C(C)C)C[C@@H]2C[C@H](C[C@@H](O[Si](C)(C)C(C)(C)C)[C@H](C)[C@@H](O)[C@@H](C)C(=O)C[C@@H](O[Si](C)(C)C(C)(C)C)[C@H](C)[C@H]3OC(C)(C)O[C@@H]([C@H](C)[C@@H](/C=C/c4ccccc4)OCc4ccc(OC)cc4)[C@@H]3C)OC(C)(C)O2)cc1. The second-order valence-corrected chi connectivity index (χ2v) is 47.1. The number of aliphatic hydroxyl groups is 1. The molecule has 2 aliphatic heterocycles. The van der Waals surface area contributed by atoms with Gasteiger partial charge in [0.1, 0.15) is 17.3 Å². The van der Waals surface area contributed by atoms with Crippen molar-refractivity contribution >= 4 is 36.8 Å². The Balaban J connectivity index is 1.43. The van der Waals surface area contributed by atoms with Crippen LogP contribution in [0.5, 0.6) is 11.5 Å². The van der Waals surface area contributed by atoms with Gasteiger partial charge in [0.15, 0.2) is 36.5 Å². The number of rotatable bonds is 34. The number of ketones is 1. The molecule has 14 atom stereocenters. The molecule has 0 amide bonds. The van der Waals surface area contributed by atoms with Gasteiger partial charge >= 0.3 is 0 Å². The van der Waals surface area contributed by atoms with Gasteiger partial charge in [0.25, 0.3) is 0 Å². The first-order valence-electron chi connectivity index (χ1n) is 34.7. The maximum atomic E-state index is 15.4. The Labute approximate surface area is 562 Å². The molecule has 2 fully saturated rings. The Morgan fingerprint density at radius 1 is 0.620 bits per heavy atom. The number of carbonyl (C=O) groups is 1. The van der Waals surface area contributed by atoms with Crippen LogP contribution in [0.15, 0.2) is 84.9 Å². The number of hydrogen-bond donors (Lipinski definition) is 1. The van der Waals surface area contributed by atoms with Crippen molar-refractivity contribution in [2.45, 2.75) is 304 Å². The van der Waals surface area contributed by atoms with Crippen LogP contribution in [0.2, 0.25) is 52.9 Å². The van der Waals surface area contributed by atoms with E-state index in [1.54, 1.807) is 14.2 Å². The topological polar surface area (TPSA) is 139 Å². The zero-order valence-electron chi connectivity index (χ0n) is 62.3. The van der Waals surface area contributed by atoms with Crippen molar-refractivity contribution < 1.29 is 61.1 Å². The van der Waals surface area contributed by atoms with Crippen LogP contribution in [-0.2, 0) is 59.7 Å². The third-order valence-corrected chi connectivity index (χ3v) is 36.4. The number of hydrogen-bond acceptors (Lipinski definition) is 13. The molecule has 2 aliphatic rings. The van der Waals surface area contributed by atoms with Gasteiger partial charge in [-0.05, 0) is 128 Å². The number of benzene rings is 3. The third-order valence-electron chi connectivity index (χ3n) is 21.3. The normalized spacial score (nSPS) is 23.2. The van der Waals surface area contributed by atoms with Crippen molar-refractivity contribution in [3.05, 3.63) is 102 Å². The summed E-state index contributed by atoms with van der Waals surface area (Å²) in [5.74, 6) is -2.03. The molecule has 3 aromatic rings. The van der Waals surface area contributed by atoms with E-state index in [0.29, 0.717) is 55.7 Å². The van der Waals surface area contributed by atoms with Gasteiger partial charge in [0.2, 0.25) is 0 Å². The lowest BCUT2D eigenvalue weighted by Crippen LogP contribution is -2.58. The highest BCUT2D eigenvalue weighted by atomic mass is 28.4. The molecule has 0 radical (unpaired) electrons. The molecule has 0 unspecified atom stereocenters. The van der Waals surface area contributed by atoms with Gasteiger partial charge in [-0.15, -0.1) is 0 Å². The van der Waals surface area contributed by atoms with E-state index in [1.165, 1.54) is 0 Å². The molecule has 522 valence electrons. The van der Waals surface area contributed by atoms with Crippen LogP contribution in [0.1, 0.15) is 188 Å². The summed E-state index contributed by atoms with van der Waals surface area (Å²) in [6.07, 6.45) is 2.35. The van der Waals surface area contributed by atoms with Gasteiger partial charge in [-0.2, -0.15) is 0 Å². The monoisotopic (exact) mass is 1330 g/mol. The van der Waals surface area contributed by atoms with Crippen LogP contribution in [-0.4, -0.2) is 123 Å². The number of Topliss-reactive ketones (excluding diaryl/α,β-unsaturated/α-hetero) is 1. The van der Waals surface area contributed by atoms with Gasteiger partial charge in [-0.3, -0.25) is 4.79 Å². The van der Waals surface area contributed by atoms with Crippen molar-refractivity contribution in [2.75, 3.05) is 20.8 Å². The maximum absolute atomic E-state index is 15.4. The molecule has 2 heterocycles. The average Bonchev–Trinajstić information content (AvgIpc) is 0.804. The van der Waals surface area contributed by atoms with Crippen LogP contribution < -0.4 is 9.47 Å². The lowest BCUT2D eigenvalue weighted by atomic mass is 9.77. The van der Waals surface area contributed by atoms with E-state index in [9.17, 15) is 5.11 Å². The smallest absolute Gasteiger partial charge is 0.200 e. The van der Waals surface area contributed by atoms with E-state index >= 15 is 4.79 Å². The molecule has 0 spiro atoms. The molecule has 92 heavy (non-hydrogen) atoms. The molecule has 0 bridgehead atoms. The van der Waals surface area contributed by atoms with Crippen LogP contribution in [0, 0.1) is 29.6 Å². The van der Waals surface area contributed by atoms with E-state index < -0.39 is 66.7 Å². The summed E-state index contributed by atoms with van der Waals surface area (Å²) in [4.78, 5) is 15.4. The minimum atomic E-state index is -2.51. The van der Waals surface area contributed by atoms with Gasteiger partial charge < -0.3 is 56.3 Å². The molecule has 1 N–H and O–H groups in total. The van der Waals surface area contributed by atoms with Crippen LogP contribution >= 0.6 is 0 Å². The highest BCUT2D eigenvalue weighted by Gasteiger charge is 2.52. The van der Waals surface area contributed by atoms with E-state index in [2.05, 4.69) is 173 Å². The summed E-state index contributed by atoms with van der Waals surface area (Å²) in [7, 11) is -3.89. The zero-order valence-corrected chi connectivity index (χ0v) is 65.3. The zero-order chi connectivity index (χ0) is 69.1. The summed E-state index contributed by atoms with van der Waals surface area (Å²) in [6.45, 7) is 56.1. The summed E-state index contributed by atoms with van der Waals surface area (Å²) >= 11 is 0. The molecular formula is C76H128O13Si3. The minimum Gasteiger partial charge on any atom is -0.497 e. The highest BCUT2D eigenvalue weighted by molar-refractivity contribution is 6.77. The minimum absolute atomic E-state index is 0.0567. The summed E-state index contributed by atoms with van der Waals surface area (Å²) < 4.78 is 74.5. The fraction of sp³-hybridized carbons (Fsp3) is 0.724. The molecule has 13 nitrogen and oxygen atoms in total. The Morgan fingerprint density at radius 3 is 1.53 bits per heavy atom. The lowest BCUT2D eigenvalue weighted by Gasteiger charge is -2.51. The maximum Gasteiger partial charge on any atom is 0.200 e. The average molecular weight is 1330 g/mol. The van der Waals surface area contributed by atoms with Crippen LogP contribution in [0.4, 0.5) is 0 Å². The van der Waals surface area contributed by atoms with Crippen molar-refractivity contribution in [1.82, 2.24) is 0 Å². The molecule has 2 saturated heterocycles. The van der Waals surface area contributed by atoms with Gasteiger partial charge in [0, 0.05) is 48.9 Å². The predicted molar refractivity (Wildman–Crippen MR) is 383 cm³/mol. The molecule has 3 aromatic carbocycles. The lowest BCUT2D eigenvalue weighted by molar-refractivity contribution is -0.340. The molecule has 16 heteroatoms. The van der Waals surface area contributed by atoms with E-state index in [0.717, 1.165) is 28.2 Å². The van der Waals surface area contributed by atoms with E-state index in [1.807, 2.05) is 89.2 Å². The number of aliphatic hydroxyl groups excluding tert-OH is 1. The number of ether oxygens (including phenoxy) is 8. The van der Waals surface area contributed by atoms with Crippen molar-refractivity contribution in [1.29, 1.82) is 0 Å². The van der Waals surface area contributed by atoms with Crippen molar-refractivity contribution in [2.24, 2.45) is 29.6 Å². The van der Waals surface area contributed by atoms with Crippen molar-refractivity contribution in [3.63, 3.8) is 0 Å². The highest BCUT2D eigenvalue weighted by Crippen LogP contribution is 2.47. The second-order valence-electron chi connectivity index (χ2n) is 32.2. The van der Waals surface area contributed by atoms with Gasteiger partial charge in [-0.25, -0.2) is 0 Å². The fourth-order valence-electron chi connectivity index (χ4n) is 13.7. The number of methoxy groups -OCH3 is 2. The first-order valence-corrected chi connectivity index (χ1v) is 42.7. The largest absolute Gasteiger partial charge is 0.497 e. The summed E-state index contributed by atoms with van der Waals surface area (Å²) in [5.41, 5.74) is 4.41. The predicted octanol–water partition coefficient (Wildman–Crippen LogP) is 18.6. The molecule has 0 saturated carbocycles. The molecule has 0 aromatic heterocycles. The van der Waals surface area contributed by atoms with Crippen LogP contribution in [0.3, 0.4) is 0 Å². The fourth-order valence-corrected chi connectivity index (χ4v) is 22.0. The first kappa shape index (κ1) is 79.6. The Hall–Kier alpha value is -3.08. The molecule has 5 rings (SSSR count). The second kappa shape index (κ2) is 33.4. The van der Waals surface area contributed by atoms with Gasteiger partial charge in [0.05, 0.1) is 89.0 Å². The quantitative estimate of drug-likeness (QED) is 0.0568. The Kier molecular flexibility index (Phi) is 28.9. The summed E-state index contributed by atoms with van der Waals surface area (Å²) in [6, 6.07) is 26.3. The number of carbonyl (C=O) groups excluding carboxylic acids is 1. The third kappa shape index (κ3) is 21.7. The molecular weight excluding hydrogens is 1210 g/mol. The Bertz CT molecular complexity index is 2680. The Morgan fingerprint density at radius 2 is 1.07 bits per heavy atom. The molecule has 0 aliphatic carbocycles. The van der Waals surface area contributed by atoms with E-state index in [-0.39, 0.29) is 76.7 Å².